The van der Waals surface area contributed by atoms with Crippen LogP contribution in [0.25, 0.3) is 0 Å². The first-order chi connectivity index (χ1) is 19.6. The number of sulfonamides is 2. The van der Waals surface area contributed by atoms with E-state index in [2.05, 4.69) is 5.32 Å². The van der Waals surface area contributed by atoms with Gasteiger partial charge in [-0.3, -0.25) is 9.10 Å². The molecule has 0 bridgehead atoms. The number of carbonyl (C=O) groups excluding carboxylic acids is 1. The average molecular weight is 602 g/mol. The van der Waals surface area contributed by atoms with Gasteiger partial charge in [-0.25, -0.2) is 16.8 Å². The monoisotopic (exact) mass is 601 g/mol. The number of rotatable bonds is 11. The van der Waals surface area contributed by atoms with Crippen molar-refractivity contribution >= 4 is 31.6 Å². The largest absolute Gasteiger partial charge is 0.497 e. The van der Waals surface area contributed by atoms with Crippen LogP contribution in [0.5, 0.6) is 11.5 Å². The molecule has 12 heteroatoms. The van der Waals surface area contributed by atoms with Crippen LogP contribution < -0.4 is 19.1 Å². The van der Waals surface area contributed by atoms with Crippen LogP contribution in [-0.4, -0.2) is 60.9 Å². The molecule has 4 rings (SSSR count). The summed E-state index contributed by atoms with van der Waals surface area (Å²) in [5.74, 6) is 0.0374. The Bertz CT molecular complexity index is 1580. The van der Waals surface area contributed by atoms with Crippen molar-refractivity contribution in [3.63, 3.8) is 0 Å². The minimum atomic E-state index is -4.23. The second-order valence-electron chi connectivity index (χ2n) is 9.75. The number of nitrogens with one attached hydrogen (secondary N) is 1. The highest BCUT2D eigenvalue weighted by molar-refractivity contribution is 7.93. The standard InChI is InChI=1S/C29H35N3O7S2/c1-22-10-15-27(39-3)28(18-22)41(36,37)32(24-8-7-9-25(19-24)38-2)21-29(33)30-20-23-11-13-26(14-12-23)40(34,35)31-16-5-4-6-17-31/h7-15,18-19H,4-6,16-17,20-21H2,1-3H3,(H,30,33). The van der Waals surface area contributed by atoms with Gasteiger partial charge in [0.1, 0.15) is 22.9 Å². The third-order valence-corrected chi connectivity index (χ3v) is 10.6. The minimum Gasteiger partial charge on any atom is -0.497 e. The molecule has 0 atom stereocenters. The van der Waals surface area contributed by atoms with Crippen LogP contribution in [0.2, 0.25) is 0 Å². The van der Waals surface area contributed by atoms with Crippen LogP contribution in [0.3, 0.4) is 0 Å². The predicted octanol–water partition coefficient (Wildman–Crippen LogP) is 3.70. The van der Waals surface area contributed by atoms with Gasteiger partial charge in [-0.05, 0) is 67.3 Å². The summed E-state index contributed by atoms with van der Waals surface area (Å²) in [6.45, 7) is 2.38. The average Bonchev–Trinajstić information content (AvgIpc) is 2.99. The lowest BCUT2D eigenvalue weighted by Gasteiger charge is -2.26. The molecule has 1 N–H and O–H groups in total. The summed E-state index contributed by atoms with van der Waals surface area (Å²) in [6, 6.07) is 17.6. The number of anilines is 1. The first-order valence-electron chi connectivity index (χ1n) is 13.2. The van der Waals surface area contributed by atoms with Crippen LogP contribution in [0, 0.1) is 6.92 Å². The van der Waals surface area contributed by atoms with E-state index in [1.54, 1.807) is 49.4 Å². The van der Waals surface area contributed by atoms with E-state index in [1.807, 2.05) is 0 Å². The molecular formula is C29H35N3O7S2. The molecule has 41 heavy (non-hydrogen) atoms. The zero-order valence-electron chi connectivity index (χ0n) is 23.4. The third kappa shape index (κ3) is 7.00. The zero-order chi connectivity index (χ0) is 29.6. The number of hydrogen-bond acceptors (Lipinski definition) is 7. The molecule has 1 aliphatic heterocycles. The van der Waals surface area contributed by atoms with Gasteiger partial charge in [0.15, 0.2) is 0 Å². The maximum absolute atomic E-state index is 13.9. The molecule has 0 aliphatic carbocycles. The van der Waals surface area contributed by atoms with Gasteiger partial charge in [-0.1, -0.05) is 30.7 Å². The molecule has 220 valence electrons. The van der Waals surface area contributed by atoms with Crippen molar-refractivity contribution in [2.45, 2.75) is 42.5 Å². The number of benzene rings is 3. The van der Waals surface area contributed by atoms with Crippen LogP contribution in [-0.2, 0) is 31.4 Å². The lowest BCUT2D eigenvalue weighted by Crippen LogP contribution is -2.40. The maximum atomic E-state index is 13.9. The normalized spacial score (nSPS) is 14.3. The van der Waals surface area contributed by atoms with Gasteiger partial charge in [-0.15, -0.1) is 0 Å². The summed E-state index contributed by atoms with van der Waals surface area (Å²) in [4.78, 5) is 13.2. The molecule has 1 fully saturated rings. The van der Waals surface area contributed by atoms with Crippen molar-refractivity contribution in [2.24, 2.45) is 0 Å². The Morgan fingerprint density at radius 3 is 2.27 bits per heavy atom. The molecule has 1 saturated heterocycles. The van der Waals surface area contributed by atoms with Crippen LogP contribution in [0.1, 0.15) is 30.4 Å². The molecular weight excluding hydrogens is 566 g/mol. The second-order valence-corrected chi connectivity index (χ2v) is 13.5. The Hall–Kier alpha value is -3.61. The smallest absolute Gasteiger partial charge is 0.268 e. The fourth-order valence-corrected chi connectivity index (χ4v) is 7.78. The zero-order valence-corrected chi connectivity index (χ0v) is 25.0. The summed E-state index contributed by atoms with van der Waals surface area (Å²) in [5.41, 5.74) is 1.63. The van der Waals surface area contributed by atoms with E-state index < -0.39 is 32.5 Å². The molecule has 3 aromatic rings. The van der Waals surface area contributed by atoms with E-state index in [0.29, 0.717) is 30.0 Å². The quantitative estimate of drug-likeness (QED) is 0.356. The van der Waals surface area contributed by atoms with Crippen molar-refractivity contribution in [3.05, 3.63) is 77.9 Å². The van der Waals surface area contributed by atoms with E-state index in [0.717, 1.165) is 23.6 Å². The number of hydrogen-bond donors (Lipinski definition) is 1. The highest BCUT2D eigenvalue weighted by Gasteiger charge is 2.31. The van der Waals surface area contributed by atoms with Gasteiger partial charge in [0.25, 0.3) is 10.0 Å². The predicted molar refractivity (Wildman–Crippen MR) is 156 cm³/mol. The Kier molecular flexibility index (Phi) is 9.57. The van der Waals surface area contributed by atoms with Gasteiger partial charge < -0.3 is 14.8 Å². The number of piperidine rings is 1. The second kappa shape index (κ2) is 12.9. The van der Waals surface area contributed by atoms with Crippen LogP contribution in [0.15, 0.2) is 76.5 Å². The molecule has 0 radical (unpaired) electrons. The molecule has 1 amide bonds. The number of methoxy groups -OCH3 is 2. The number of carbonyl (C=O) groups is 1. The minimum absolute atomic E-state index is 0.0684. The van der Waals surface area contributed by atoms with Gasteiger partial charge in [0.2, 0.25) is 15.9 Å². The van der Waals surface area contributed by atoms with Crippen molar-refractivity contribution in [1.82, 2.24) is 9.62 Å². The number of ether oxygens (including phenoxy) is 2. The summed E-state index contributed by atoms with van der Waals surface area (Å²) < 4.78 is 66.8. The molecule has 10 nitrogen and oxygen atoms in total. The van der Waals surface area contributed by atoms with Crippen LogP contribution in [0.4, 0.5) is 5.69 Å². The maximum Gasteiger partial charge on any atom is 0.268 e. The number of amides is 1. The summed E-state index contributed by atoms with van der Waals surface area (Å²) in [6.07, 6.45) is 2.73. The Morgan fingerprint density at radius 2 is 1.61 bits per heavy atom. The Morgan fingerprint density at radius 1 is 0.902 bits per heavy atom. The van der Waals surface area contributed by atoms with Crippen molar-refractivity contribution < 1.29 is 31.1 Å². The van der Waals surface area contributed by atoms with Crippen LogP contribution >= 0.6 is 0 Å². The van der Waals surface area contributed by atoms with Crippen molar-refractivity contribution in [1.29, 1.82) is 0 Å². The van der Waals surface area contributed by atoms with E-state index in [1.165, 1.54) is 42.8 Å². The molecule has 0 unspecified atom stereocenters. The Labute approximate surface area is 242 Å². The van der Waals surface area contributed by atoms with Gasteiger partial charge >= 0.3 is 0 Å². The summed E-state index contributed by atoms with van der Waals surface area (Å²) in [7, 11) is -4.94. The van der Waals surface area contributed by atoms with E-state index in [4.69, 9.17) is 9.47 Å². The van der Waals surface area contributed by atoms with Gasteiger partial charge in [-0.2, -0.15) is 4.31 Å². The topological polar surface area (TPSA) is 122 Å². The first-order valence-corrected chi connectivity index (χ1v) is 16.1. The lowest BCUT2D eigenvalue weighted by atomic mass is 10.2. The number of nitrogens with zero attached hydrogens (tertiary/aromatic N) is 2. The van der Waals surface area contributed by atoms with E-state index in [-0.39, 0.29) is 27.8 Å². The fraction of sp³-hybridized carbons (Fsp3) is 0.345. The summed E-state index contributed by atoms with van der Waals surface area (Å²) >= 11 is 0. The lowest BCUT2D eigenvalue weighted by molar-refractivity contribution is -0.119. The molecule has 0 spiro atoms. The molecule has 0 aromatic heterocycles. The van der Waals surface area contributed by atoms with E-state index in [9.17, 15) is 21.6 Å². The highest BCUT2D eigenvalue weighted by atomic mass is 32.2. The van der Waals surface area contributed by atoms with Gasteiger partial charge in [0.05, 0.1) is 24.8 Å². The fourth-order valence-electron chi connectivity index (χ4n) is 4.61. The van der Waals surface area contributed by atoms with Crippen molar-refractivity contribution in [2.75, 3.05) is 38.2 Å². The first kappa shape index (κ1) is 30.4. The molecule has 0 saturated carbocycles. The molecule has 1 heterocycles. The van der Waals surface area contributed by atoms with E-state index >= 15 is 0 Å². The van der Waals surface area contributed by atoms with Crippen molar-refractivity contribution in [3.8, 4) is 11.5 Å². The summed E-state index contributed by atoms with van der Waals surface area (Å²) in [5, 5.41) is 2.75. The third-order valence-electron chi connectivity index (χ3n) is 6.88. The van der Waals surface area contributed by atoms with Gasteiger partial charge in [0, 0.05) is 25.7 Å². The number of aryl methyl sites for hydroxylation is 1. The molecule has 1 aliphatic rings. The highest BCUT2D eigenvalue weighted by Crippen LogP contribution is 2.32. The SMILES string of the molecule is COc1cccc(N(CC(=O)NCc2ccc(S(=O)(=O)N3CCCCC3)cc2)S(=O)(=O)c2cc(C)ccc2OC)c1. The molecule has 3 aromatic carbocycles. The Balaban J connectivity index is 1.53.